The van der Waals surface area contributed by atoms with Gasteiger partial charge in [-0.2, -0.15) is 5.26 Å². The summed E-state index contributed by atoms with van der Waals surface area (Å²) in [6.45, 7) is 4.38. The topological polar surface area (TPSA) is 96.4 Å². The molecule has 7 nitrogen and oxygen atoms in total. The van der Waals surface area contributed by atoms with Crippen molar-refractivity contribution >= 4 is 16.9 Å². The molecule has 0 fully saturated rings. The van der Waals surface area contributed by atoms with E-state index in [0.29, 0.717) is 30.9 Å². The van der Waals surface area contributed by atoms with E-state index in [9.17, 15) is 4.79 Å². The van der Waals surface area contributed by atoms with Crippen LogP contribution >= 0.6 is 0 Å². The Labute approximate surface area is 200 Å². The van der Waals surface area contributed by atoms with Crippen LogP contribution in [-0.4, -0.2) is 43.4 Å². The lowest BCUT2D eigenvalue weighted by molar-refractivity contribution is -0.152. The van der Waals surface area contributed by atoms with E-state index in [4.69, 9.17) is 19.5 Å². The molecule has 1 atom stereocenters. The van der Waals surface area contributed by atoms with Crippen molar-refractivity contribution in [1.82, 2.24) is 10.3 Å². The van der Waals surface area contributed by atoms with Gasteiger partial charge in [-0.1, -0.05) is 6.07 Å². The first-order chi connectivity index (χ1) is 16.7. The van der Waals surface area contributed by atoms with Crippen molar-refractivity contribution in [1.29, 1.82) is 5.26 Å². The van der Waals surface area contributed by atoms with Gasteiger partial charge in [-0.05, 0) is 81.0 Å². The highest BCUT2D eigenvalue weighted by Crippen LogP contribution is 2.31. The number of aromatic nitrogens is 1. The molecular weight excluding hydrogens is 430 g/mol. The average molecular weight is 462 g/mol. The zero-order valence-electron chi connectivity index (χ0n) is 19.6. The van der Waals surface area contributed by atoms with E-state index < -0.39 is 6.10 Å². The molecule has 1 aromatic heterocycles. The third kappa shape index (κ3) is 5.89. The van der Waals surface area contributed by atoms with Gasteiger partial charge in [0.2, 0.25) is 0 Å². The normalized spacial score (nSPS) is 14.8. The van der Waals surface area contributed by atoms with Crippen LogP contribution in [-0.2, 0) is 22.4 Å². The highest BCUT2D eigenvalue weighted by atomic mass is 16.6. The second-order valence-corrected chi connectivity index (χ2v) is 8.41. The van der Waals surface area contributed by atoms with Crippen molar-refractivity contribution in [2.24, 2.45) is 0 Å². The Morgan fingerprint density at radius 2 is 2.15 bits per heavy atom. The van der Waals surface area contributed by atoms with Crippen LogP contribution in [0.5, 0.6) is 11.5 Å². The van der Waals surface area contributed by atoms with Gasteiger partial charge < -0.3 is 24.5 Å². The number of carbonyl (C=O) groups is 1. The third-order valence-corrected chi connectivity index (χ3v) is 6.03. The summed E-state index contributed by atoms with van der Waals surface area (Å²) in [6.07, 6.45) is 6.05. The van der Waals surface area contributed by atoms with Gasteiger partial charge in [-0.3, -0.25) is 0 Å². The molecule has 1 aliphatic heterocycles. The molecule has 34 heavy (non-hydrogen) atoms. The summed E-state index contributed by atoms with van der Waals surface area (Å²) >= 11 is 0. The lowest BCUT2D eigenvalue weighted by Gasteiger charge is -2.25. The predicted molar refractivity (Wildman–Crippen MR) is 130 cm³/mol. The fourth-order valence-corrected chi connectivity index (χ4v) is 4.23. The molecular formula is C27H31N3O4. The van der Waals surface area contributed by atoms with Crippen LogP contribution in [0.15, 0.2) is 42.6 Å². The van der Waals surface area contributed by atoms with Crippen molar-refractivity contribution in [3.05, 3.63) is 59.3 Å². The number of aryl methyl sites for hydroxylation is 2. The van der Waals surface area contributed by atoms with Gasteiger partial charge in [0, 0.05) is 29.7 Å². The number of carbonyl (C=O) groups excluding carboxylic acids is 1. The number of hydrogen-bond donors (Lipinski definition) is 2. The predicted octanol–water partition coefficient (Wildman–Crippen LogP) is 4.29. The van der Waals surface area contributed by atoms with Gasteiger partial charge in [0.1, 0.15) is 18.1 Å². The molecule has 0 bridgehead atoms. The molecule has 1 aliphatic rings. The molecule has 4 rings (SSSR count). The lowest BCUT2D eigenvalue weighted by atomic mass is 10.0. The summed E-state index contributed by atoms with van der Waals surface area (Å²) in [5, 5.41) is 13.7. The largest absolute Gasteiger partial charge is 0.492 e. The van der Waals surface area contributed by atoms with Crippen LogP contribution in [0.1, 0.15) is 42.9 Å². The summed E-state index contributed by atoms with van der Waals surface area (Å²) < 4.78 is 16.8. The minimum Gasteiger partial charge on any atom is -0.492 e. The first-order valence-corrected chi connectivity index (χ1v) is 12.0. The van der Waals surface area contributed by atoms with Gasteiger partial charge in [0.15, 0.2) is 6.10 Å². The molecule has 178 valence electrons. The number of ether oxygens (including phenoxy) is 3. The fraction of sp³-hybridized carbons (Fsp3) is 0.407. The average Bonchev–Trinajstić information content (AvgIpc) is 3.27. The van der Waals surface area contributed by atoms with E-state index in [0.717, 1.165) is 61.0 Å². The van der Waals surface area contributed by atoms with Crippen LogP contribution in [0.4, 0.5) is 0 Å². The first kappa shape index (κ1) is 23.7. The van der Waals surface area contributed by atoms with Crippen molar-refractivity contribution in [2.75, 3.05) is 26.3 Å². The van der Waals surface area contributed by atoms with Crippen LogP contribution in [0, 0.1) is 11.3 Å². The number of fused-ring (bicyclic) bond motifs is 2. The van der Waals surface area contributed by atoms with Crippen LogP contribution in [0.3, 0.4) is 0 Å². The van der Waals surface area contributed by atoms with E-state index in [1.807, 2.05) is 42.6 Å². The van der Waals surface area contributed by atoms with Crippen LogP contribution < -0.4 is 14.8 Å². The standard InChI is InChI=1S/C27H31N3O4/c1-2-32-27(31)25-11-8-20-7-9-22(16-26(20)34-25)33-14-13-29-12-4-3-5-21-18-30-24-10-6-19(17-28)15-23(21)24/h6-7,9-10,15-16,18,25,29-30H,2-5,8,11-14H2,1H3. The number of benzene rings is 2. The minimum absolute atomic E-state index is 0.305. The van der Waals surface area contributed by atoms with Crippen molar-refractivity contribution in [2.45, 2.75) is 45.1 Å². The molecule has 1 unspecified atom stereocenters. The number of rotatable bonds is 11. The van der Waals surface area contributed by atoms with Gasteiger partial charge in [-0.15, -0.1) is 0 Å². The molecule has 2 heterocycles. The number of aromatic amines is 1. The quantitative estimate of drug-likeness (QED) is 0.327. The molecule has 2 aromatic carbocycles. The van der Waals surface area contributed by atoms with E-state index in [1.165, 1.54) is 5.56 Å². The van der Waals surface area contributed by atoms with E-state index in [-0.39, 0.29) is 5.97 Å². The second kappa shape index (κ2) is 11.6. The summed E-state index contributed by atoms with van der Waals surface area (Å²) in [5.74, 6) is 1.13. The SMILES string of the molecule is CCOC(=O)C1CCc2ccc(OCCNCCCCc3c[nH]c4ccc(C#N)cc34)cc2O1. The molecule has 7 heteroatoms. The van der Waals surface area contributed by atoms with Gasteiger partial charge in [0.25, 0.3) is 0 Å². The Morgan fingerprint density at radius 3 is 3.00 bits per heavy atom. The number of nitrogens with one attached hydrogen (secondary N) is 2. The number of esters is 1. The number of hydrogen-bond acceptors (Lipinski definition) is 6. The highest BCUT2D eigenvalue weighted by molar-refractivity contribution is 5.84. The van der Waals surface area contributed by atoms with E-state index in [1.54, 1.807) is 6.92 Å². The van der Waals surface area contributed by atoms with Crippen molar-refractivity contribution < 1.29 is 19.0 Å². The maximum atomic E-state index is 12.0. The molecule has 0 aliphatic carbocycles. The first-order valence-electron chi connectivity index (χ1n) is 12.0. The number of H-pyrrole nitrogens is 1. The molecule has 0 spiro atoms. The maximum Gasteiger partial charge on any atom is 0.347 e. The van der Waals surface area contributed by atoms with Gasteiger partial charge >= 0.3 is 5.97 Å². The Hall–Kier alpha value is -3.50. The monoisotopic (exact) mass is 461 g/mol. The summed E-state index contributed by atoms with van der Waals surface area (Å²) in [4.78, 5) is 15.2. The highest BCUT2D eigenvalue weighted by Gasteiger charge is 2.27. The zero-order valence-corrected chi connectivity index (χ0v) is 19.6. The van der Waals surface area contributed by atoms with Crippen LogP contribution in [0.2, 0.25) is 0 Å². The summed E-state index contributed by atoms with van der Waals surface area (Å²) in [5.41, 5.74) is 4.12. The minimum atomic E-state index is -0.540. The van der Waals surface area contributed by atoms with Gasteiger partial charge in [-0.25, -0.2) is 4.79 Å². The third-order valence-electron chi connectivity index (χ3n) is 6.03. The molecule has 0 radical (unpaired) electrons. The maximum absolute atomic E-state index is 12.0. The van der Waals surface area contributed by atoms with E-state index in [2.05, 4.69) is 16.4 Å². The summed E-state index contributed by atoms with van der Waals surface area (Å²) in [6, 6.07) is 13.8. The lowest BCUT2D eigenvalue weighted by Crippen LogP contribution is -2.32. The van der Waals surface area contributed by atoms with Crippen LogP contribution in [0.25, 0.3) is 10.9 Å². The van der Waals surface area contributed by atoms with E-state index >= 15 is 0 Å². The molecule has 0 saturated heterocycles. The molecule has 0 amide bonds. The van der Waals surface area contributed by atoms with Crippen molar-refractivity contribution in [3.63, 3.8) is 0 Å². The number of nitrogens with zero attached hydrogens (tertiary/aromatic N) is 1. The molecule has 3 aromatic rings. The Balaban J connectivity index is 1.14. The Bertz CT molecular complexity index is 1160. The molecule has 0 saturated carbocycles. The summed E-state index contributed by atoms with van der Waals surface area (Å²) in [7, 11) is 0. The fourth-order valence-electron chi connectivity index (χ4n) is 4.23. The number of unbranched alkanes of at least 4 members (excludes halogenated alkanes) is 1. The second-order valence-electron chi connectivity index (χ2n) is 8.41. The zero-order chi connectivity index (χ0) is 23.8. The molecule has 2 N–H and O–H groups in total. The van der Waals surface area contributed by atoms with Crippen molar-refractivity contribution in [3.8, 4) is 17.6 Å². The Kier molecular flexibility index (Phi) is 8.05. The number of nitriles is 1. The van der Waals surface area contributed by atoms with Gasteiger partial charge in [0.05, 0.1) is 18.2 Å². The Morgan fingerprint density at radius 1 is 1.24 bits per heavy atom. The smallest absolute Gasteiger partial charge is 0.347 e.